The third-order valence-corrected chi connectivity index (χ3v) is 10.6. The van der Waals surface area contributed by atoms with Gasteiger partial charge in [0, 0.05) is 26.5 Å². The van der Waals surface area contributed by atoms with Crippen LogP contribution in [0.2, 0.25) is 0 Å². The highest BCUT2D eigenvalue weighted by Crippen LogP contribution is 2.56. The first-order valence-electron chi connectivity index (χ1n) is 16.8. The summed E-state index contributed by atoms with van der Waals surface area (Å²) in [6.45, 7) is 0. The maximum Gasteiger partial charge on any atom is 0.164 e. The van der Waals surface area contributed by atoms with Crippen LogP contribution in [0, 0.1) is 0 Å². The van der Waals surface area contributed by atoms with E-state index >= 15 is 0 Å². The molecule has 0 aliphatic carbocycles. The summed E-state index contributed by atoms with van der Waals surface area (Å²) < 4.78 is 0. The second-order valence-corrected chi connectivity index (χ2v) is 13.5. The van der Waals surface area contributed by atoms with E-state index in [0.717, 1.165) is 27.8 Å². The molecule has 0 N–H and O–H groups in total. The molecule has 0 amide bonds. The topological polar surface area (TPSA) is 38.7 Å². The van der Waals surface area contributed by atoms with Crippen molar-refractivity contribution in [3.63, 3.8) is 0 Å². The van der Waals surface area contributed by atoms with Gasteiger partial charge in [0.05, 0.1) is 5.41 Å². The minimum Gasteiger partial charge on any atom is -0.208 e. The fourth-order valence-electron chi connectivity index (χ4n) is 7.24. The lowest BCUT2D eigenvalue weighted by atomic mass is 9.64. The van der Waals surface area contributed by atoms with Gasteiger partial charge in [-0.1, -0.05) is 188 Å². The third-order valence-electron chi connectivity index (χ3n) is 9.49. The van der Waals surface area contributed by atoms with Gasteiger partial charge in [-0.25, -0.2) is 15.0 Å². The van der Waals surface area contributed by atoms with Gasteiger partial charge < -0.3 is 0 Å². The second-order valence-electron chi connectivity index (χ2n) is 12.4. The first-order valence-corrected chi connectivity index (χ1v) is 17.6. The Hall–Kier alpha value is -6.10. The van der Waals surface area contributed by atoms with Gasteiger partial charge in [-0.05, 0) is 45.5 Å². The third kappa shape index (κ3) is 5.13. The first kappa shape index (κ1) is 30.0. The normalized spacial score (nSPS) is 12.9. The Balaban J connectivity index is 1.27. The zero-order valence-corrected chi connectivity index (χ0v) is 28.0. The minimum atomic E-state index is -0.494. The van der Waals surface area contributed by atoms with Crippen molar-refractivity contribution >= 4 is 11.8 Å². The van der Waals surface area contributed by atoms with Crippen LogP contribution in [-0.4, -0.2) is 15.0 Å². The molecule has 0 spiro atoms. The quantitative estimate of drug-likeness (QED) is 0.178. The van der Waals surface area contributed by atoms with Gasteiger partial charge in [0.1, 0.15) is 0 Å². The van der Waals surface area contributed by atoms with Crippen LogP contribution in [0.25, 0.3) is 45.3 Å². The van der Waals surface area contributed by atoms with Crippen LogP contribution in [0.4, 0.5) is 0 Å². The van der Waals surface area contributed by atoms with Crippen molar-refractivity contribution in [1.29, 1.82) is 0 Å². The fourth-order valence-corrected chi connectivity index (χ4v) is 8.47. The molecular formula is C46H31N3S. The summed E-state index contributed by atoms with van der Waals surface area (Å²) in [5.41, 5.74) is 9.57. The Kier molecular flexibility index (Phi) is 7.64. The molecule has 4 heteroatoms. The van der Waals surface area contributed by atoms with Crippen molar-refractivity contribution in [2.24, 2.45) is 0 Å². The van der Waals surface area contributed by atoms with E-state index in [2.05, 4.69) is 158 Å². The predicted octanol–water partition coefficient (Wildman–Crippen LogP) is 11.4. The highest BCUT2D eigenvalue weighted by Gasteiger charge is 2.44. The van der Waals surface area contributed by atoms with Gasteiger partial charge in [-0.15, -0.1) is 0 Å². The molecule has 236 valence electrons. The van der Waals surface area contributed by atoms with Crippen LogP contribution in [-0.2, 0) is 5.41 Å². The molecule has 8 aromatic rings. The van der Waals surface area contributed by atoms with Gasteiger partial charge >= 0.3 is 0 Å². The number of aromatic nitrogens is 3. The summed E-state index contributed by atoms with van der Waals surface area (Å²) >= 11 is 1.81. The molecule has 0 bridgehead atoms. The highest BCUT2D eigenvalue weighted by atomic mass is 32.2. The Labute approximate surface area is 296 Å². The first-order chi connectivity index (χ1) is 24.8. The van der Waals surface area contributed by atoms with Gasteiger partial charge in [-0.3, -0.25) is 0 Å². The molecule has 0 unspecified atom stereocenters. The molecule has 50 heavy (non-hydrogen) atoms. The Morgan fingerprint density at radius 3 is 1.48 bits per heavy atom. The molecule has 1 aliphatic heterocycles. The average Bonchev–Trinajstić information content (AvgIpc) is 3.21. The number of hydrogen-bond acceptors (Lipinski definition) is 4. The van der Waals surface area contributed by atoms with Crippen LogP contribution in [0.3, 0.4) is 0 Å². The summed E-state index contributed by atoms with van der Waals surface area (Å²) in [7, 11) is 0. The van der Waals surface area contributed by atoms with Crippen molar-refractivity contribution in [3.8, 4) is 45.3 Å². The standard InChI is InChI=1S/C46H31N3S/c1-5-17-32(18-6-1)37-25-13-14-26-38(37)45-48-43(33-19-7-2-8-20-33)47-44(49-45)34-29-30-40-42(31-34)50-41-28-16-15-27-39(41)46(40,35-21-9-3-10-22-35)36-23-11-4-12-24-36/h1-31H. The Bertz CT molecular complexity index is 2410. The monoisotopic (exact) mass is 657 g/mol. The predicted molar refractivity (Wildman–Crippen MR) is 204 cm³/mol. The molecule has 0 radical (unpaired) electrons. The second kappa shape index (κ2) is 12.7. The number of nitrogens with zero attached hydrogens (tertiary/aromatic N) is 3. The molecular weight excluding hydrogens is 627 g/mol. The molecule has 0 fully saturated rings. The van der Waals surface area contributed by atoms with Crippen LogP contribution in [0.15, 0.2) is 198 Å². The van der Waals surface area contributed by atoms with Crippen molar-refractivity contribution in [3.05, 3.63) is 210 Å². The van der Waals surface area contributed by atoms with Crippen LogP contribution in [0.5, 0.6) is 0 Å². The van der Waals surface area contributed by atoms with Gasteiger partial charge in [-0.2, -0.15) is 0 Å². The number of hydrogen-bond donors (Lipinski definition) is 0. The Morgan fingerprint density at radius 1 is 0.340 bits per heavy atom. The molecule has 7 aromatic carbocycles. The lowest BCUT2D eigenvalue weighted by Gasteiger charge is -2.42. The fraction of sp³-hybridized carbons (Fsp3) is 0.0217. The largest absolute Gasteiger partial charge is 0.208 e. The van der Waals surface area contributed by atoms with Crippen LogP contribution in [0.1, 0.15) is 22.3 Å². The maximum atomic E-state index is 5.20. The van der Waals surface area contributed by atoms with E-state index in [9.17, 15) is 0 Å². The number of benzene rings is 7. The smallest absolute Gasteiger partial charge is 0.164 e. The summed E-state index contributed by atoms with van der Waals surface area (Å²) in [6, 6.07) is 66.3. The van der Waals surface area contributed by atoms with Crippen molar-refractivity contribution in [1.82, 2.24) is 15.0 Å². The van der Waals surface area contributed by atoms with Crippen molar-refractivity contribution < 1.29 is 0 Å². The summed E-state index contributed by atoms with van der Waals surface area (Å²) in [5.74, 6) is 1.93. The van der Waals surface area contributed by atoms with Crippen molar-refractivity contribution in [2.45, 2.75) is 15.2 Å². The zero-order valence-electron chi connectivity index (χ0n) is 27.1. The molecule has 0 saturated carbocycles. The zero-order chi connectivity index (χ0) is 33.3. The van der Waals surface area contributed by atoms with E-state index in [1.807, 2.05) is 42.1 Å². The Morgan fingerprint density at radius 2 is 0.820 bits per heavy atom. The van der Waals surface area contributed by atoms with Gasteiger partial charge in [0.2, 0.25) is 0 Å². The molecule has 0 saturated heterocycles. The average molecular weight is 658 g/mol. The summed E-state index contributed by atoms with van der Waals surface area (Å²) in [4.78, 5) is 17.8. The van der Waals surface area contributed by atoms with E-state index in [4.69, 9.17) is 15.0 Å². The summed E-state index contributed by atoms with van der Waals surface area (Å²) in [6.07, 6.45) is 0. The van der Waals surface area contributed by atoms with E-state index in [1.54, 1.807) is 0 Å². The number of rotatable bonds is 6. The molecule has 3 nitrogen and oxygen atoms in total. The van der Waals surface area contributed by atoms with Crippen molar-refractivity contribution in [2.75, 3.05) is 0 Å². The van der Waals surface area contributed by atoms with Gasteiger partial charge in [0.15, 0.2) is 17.5 Å². The lowest BCUT2D eigenvalue weighted by molar-refractivity contribution is 0.703. The molecule has 2 heterocycles. The van der Waals surface area contributed by atoms with E-state index in [1.165, 1.54) is 32.0 Å². The molecule has 9 rings (SSSR count). The maximum absolute atomic E-state index is 5.20. The highest BCUT2D eigenvalue weighted by molar-refractivity contribution is 7.99. The SMILES string of the molecule is c1ccc(-c2nc(-c3ccc4c(c3)Sc3ccccc3C4(c3ccccc3)c3ccccc3)nc(-c3ccccc3-c3ccccc3)n2)cc1. The van der Waals surface area contributed by atoms with Crippen LogP contribution < -0.4 is 0 Å². The molecule has 1 aliphatic rings. The van der Waals surface area contributed by atoms with E-state index in [0.29, 0.717) is 17.5 Å². The lowest BCUT2D eigenvalue weighted by Crippen LogP contribution is -2.34. The van der Waals surface area contributed by atoms with E-state index in [-0.39, 0.29) is 0 Å². The van der Waals surface area contributed by atoms with Gasteiger partial charge in [0.25, 0.3) is 0 Å². The minimum absolute atomic E-state index is 0.494. The van der Waals surface area contributed by atoms with Crippen LogP contribution >= 0.6 is 11.8 Å². The number of fused-ring (bicyclic) bond motifs is 2. The molecule has 1 aromatic heterocycles. The summed E-state index contributed by atoms with van der Waals surface area (Å²) in [5, 5.41) is 0. The van der Waals surface area contributed by atoms with E-state index < -0.39 is 5.41 Å². The molecule has 0 atom stereocenters.